The molecule has 24 heavy (non-hydrogen) atoms. The van der Waals surface area contributed by atoms with Crippen molar-refractivity contribution >= 4 is 29.5 Å². The van der Waals surface area contributed by atoms with Crippen molar-refractivity contribution < 1.29 is 24.3 Å². The monoisotopic (exact) mass is 333 g/mol. The predicted octanol–water partition coefficient (Wildman–Crippen LogP) is 0.893. The summed E-state index contributed by atoms with van der Waals surface area (Å²) in [5.74, 6) is -2.00. The molecular weight excluding hydrogens is 314 g/mol. The summed E-state index contributed by atoms with van der Waals surface area (Å²) in [5, 5.41) is 11.1. The van der Waals surface area contributed by atoms with Crippen LogP contribution in [0.4, 0.5) is 4.79 Å². The number of imide groups is 1. The Morgan fingerprint density at radius 1 is 1.21 bits per heavy atom. The fourth-order valence-corrected chi connectivity index (χ4v) is 2.44. The minimum Gasteiger partial charge on any atom is -0.481 e. The van der Waals surface area contributed by atoms with Gasteiger partial charge in [0.2, 0.25) is 11.8 Å². The highest BCUT2D eigenvalue weighted by Gasteiger charge is 2.35. The fraction of sp³-hybridized carbons (Fsp3) is 0.438. The van der Waals surface area contributed by atoms with Crippen molar-refractivity contribution in [3.05, 3.63) is 24.3 Å². The Morgan fingerprint density at radius 3 is 2.75 bits per heavy atom. The van der Waals surface area contributed by atoms with E-state index in [-0.39, 0.29) is 31.2 Å². The van der Waals surface area contributed by atoms with Crippen LogP contribution in [0.15, 0.2) is 29.3 Å². The Balaban J connectivity index is 1.75. The van der Waals surface area contributed by atoms with E-state index >= 15 is 0 Å². The Hall–Kier alpha value is -2.77. The van der Waals surface area contributed by atoms with E-state index in [4.69, 9.17) is 5.11 Å². The number of carbonyl (C=O) groups is 4. The minimum atomic E-state index is -0.905. The lowest BCUT2D eigenvalue weighted by molar-refractivity contribution is -0.137. The van der Waals surface area contributed by atoms with Gasteiger partial charge in [-0.1, -0.05) is 18.2 Å². The number of nitrogens with zero attached hydrogens (tertiary/aromatic N) is 2. The SMILES string of the molecule is O=C(O)CCCNC(=O)CCCN1C(=O)N=C2C=CC=CC2C1=O. The van der Waals surface area contributed by atoms with Crippen LogP contribution in [-0.2, 0) is 14.4 Å². The zero-order valence-electron chi connectivity index (χ0n) is 13.1. The van der Waals surface area contributed by atoms with Gasteiger partial charge in [-0.25, -0.2) is 4.79 Å². The molecule has 8 heteroatoms. The number of carbonyl (C=O) groups excluding carboxylic acids is 3. The molecule has 0 aromatic carbocycles. The van der Waals surface area contributed by atoms with Crippen molar-refractivity contribution in [3.8, 4) is 0 Å². The van der Waals surface area contributed by atoms with Gasteiger partial charge in [-0.15, -0.1) is 0 Å². The van der Waals surface area contributed by atoms with E-state index in [1.54, 1.807) is 24.3 Å². The highest BCUT2D eigenvalue weighted by Crippen LogP contribution is 2.19. The lowest BCUT2D eigenvalue weighted by atomic mass is 9.95. The smallest absolute Gasteiger partial charge is 0.350 e. The minimum absolute atomic E-state index is 0.000745. The van der Waals surface area contributed by atoms with E-state index in [9.17, 15) is 19.2 Å². The number of fused-ring (bicyclic) bond motifs is 1. The average molecular weight is 333 g/mol. The Labute approximate surface area is 138 Å². The number of hydrogen-bond acceptors (Lipinski definition) is 4. The molecule has 0 saturated heterocycles. The number of aliphatic carboxylic acids is 1. The molecule has 0 bridgehead atoms. The largest absolute Gasteiger partial charge is 0.481 e. The highest BCUT2D eigenvalue weighted by molar-refractivity contribution is 6.21. The summed E-state index contributed by atoms with van der Waals surface area (Å²) in [6.45, 7) is 0.421. The maximum Gasteiger partial charge on any atom is 0.350 e. The number of carboxylic acid groups (broad SMARTS) is 1. The van der Waals surface area contributed by atoms with Gasteiger partial charge < -0.3 is 10.4 Å². The molecule has 0 fully saturated rings. The summed E-state index contributed by atoms with van der Waals surface area (Å²) in [5.41, 5.74) is 0.444. The Morgan fingerprint density at radius 2 is 2.00 bits per heavy atom. The molecule has 1 heterocycles. The number of nitrogens with one attached hydrogen (secondary N) is 1. The molecule has 0 aromatic heterocycles. The van der Waals surface area contributed by atoms with Crippen molar-refractivity contribution in [2.75, 3.05) is 13.1 Å². The quantitative estimate of drug-likeness (QED) is 0.640. The van der Waals surface area contributed by atoms with Crippen LogP contribution in [0.25, 0.3) is 0 Å². The van der Waals surface area contributed by atoms with E-state index in [0.717, 1.165) is 4.90 Å². The molecule has 1 aliphatic heterocycles. The third kappa shape index (κ3) is 4.61. The van der Waals surface area contributed by atoms with Gasteiger partial charge in [0.15, 0.2) is 0 Å². The van der Waals surface area contributed by atoms with Crippen LogP contribution in [0, 0.1) is 5.92 Å². The summed E-state index contributed by atoms with van der Waals surface area (Å²) >= 11 is 0. The summed E-state index contributed by atoms with van der Waals surface area (Å²) in [6, 6.07) is -0.604. The van der Waals surface area contributed by atoms with Crippen LogP contribution >= 0.6 is 0 Å². The van der Waals surface area contributed by atoms with Crippen molar-refractivity contribution in [1.82, 2.24) is 10.2 Å². The Bertz CT molecular complexity index is 636. The van der Waals surface area contributed by atoms with Crippen LogP contribution in [-0.4, -0.2) is 52.6 Å². The molecule has 128 valence electrons. The fourth-order valence-electron chi connectivity index (χ4n) is 2.44. The average Bonchev–Trinajstić information content (AvgIpc) is 2.54. The molecule has 1 aliphatic carbocycles. The van der Waals surface area contributed by atoms with Crippen molar-refractivity contribution in [1.29, 1.82) is 0 Å². The number of rotatable bonds is 8. The van der Waals surface area contributed by atoms with Crippen molar-refractivity contribution in [2.45, 2.75) is 25.7 Å². The molecule has 2 N–H and O–H groups in total. The highest BCUT2D eigenvalue weighted by atomic mass is 16.4. The first kappa shape index (κ1) is 17.6. The van der Waals surface area contributed by atoms with Crippen LogP contribution in [0.2, 0.25) is 0 Å². The topological polar surface area (TPSA) is 116 Å². The predicted molar refractivity (Wildman–Crippen MR) is 85.4 cm³/mol. The molecule has 2 aliphatic rings. The summed E-state index contributed by atoms with van der Waals surface area (Å²) in [6.07, 6.45) is 7.64. The van der Waals surface area contributed by atoms with E-state index in [1.165, 1.54) is 0 Å². The molecule has 0 spiro atoms. The number of aliphatic imine (C=N–C) groups is 1. The van der Waals surface area contributed by atoms with E-state index in [2.05, 4.69) is 10.3 Å². The van der Waals surface area contributed by atoms with Gasteiger partial charge in [0.1, 0.15) is 0 Å². The molecular formula is C16H19N3O5. The summed E-state index contributed by atoms with van der Waals surface area (Å²) in [4.78, 5) is 51.2. The van der Waals surface area contributed by atoms with Gasteiger partial charge in [0, 0.05) is 25.9 Å². The summed E-state index contributed by atoms with van der Waals surface area (Å²) in [7, 11) is 0. The number of allylic oxidation sites excluding steroid dienone is 3. The normalized spacial score (nSPS) is 19.1. The van der Waals surface area contributed by atoms with E-state index in [0.29, 0.717) is 25.1 Å². The van der Waals surface area contributed by atoms with Gasteiger partial charge in [0.25, 0.3) is 0 Å². The molecule has 0 radical (unpaired) electrons. The maximum atomic E-state index is 12.3. The summed E-state index contributed by atoms with van der Waals surface area (Å²) < 4.78 is 0. The molecule has 0 aromatic rings. The van der Waals surface area contributed by atoms with Crippen molar-refractivity contribution in [2.24, 2.45) is 10.9 Å². The van der Waals surface area contributed by atoms with E-state index in [1.807, 2.05) is 0 Å². The first-order valence-corrected chi connectivity index (χ1v) is 7.76. The van der Waals surface area contributed by atoms with Gasteiger partial charge in [-0.3, -0.25) is 19.3 Å². The first-order valence-electron chi connectivity index (χ1n) is 7.76. The number of urea groups is 1. The van der Waals surface area contributed by atoms with Crippen LogP contribution in [0.1, 0.15) is 25.7 Å². The third-order valence-corrected chi connectivity index (χ3v) is 3.66. The lowest BCUT2D eigenvalue weighted by Crippen LogP contribution is -2.46. The Kier molecular flexibility index (Phi) is 6.00. The van der Waals surface area contributed by atoms with Gasteiger partial charge >= 0.3 is 12.0 Å². The van der Waals surface area contributed by atoms with Crippen LogP contribution in [0.5, 0.6) is 0 Å². The zero-order chi connectivity index (χ0) is 17.5. The molecule has 4 amide bonds. The van der Waals surface area contributed by atoms with E-state index < -0.39 is 17.9 Å². The zero-order valence-corrected chi connectivity index (χ0v) is 13.1. The molecule has 8 nitrogen and oxygen atoms in total. The van der Waals surface area contributed by atoms with Gasteiger partial charge in [-0.05, 0) is 18.9 Å². The first-order chi connectivity index (χ1) is 11.5. The van der Waals surface area contributed by atoms with Gasteiger partial charge in [0.05, 0.1) is 11.6 Å². The molecule has 1 unspecified atom stereocenters. The number of amides is 4. The number of hydrogen-bond donors (Lipinski definition) is 2. The molecule has 2 rings (SSSR count). The van der Waals surface area contributed by atoms with Crippen molar-refractivity contribution in [3.63, 3.8) is 0 Å². The van der Waals surface area contributed by atoms with Crippen LogP contribution < -0.4 is 5.32 Å². The van der Waals surface area contributed by atoms with Crippen LogP contribution in [0.3, 0.4) is 0 Å². The molecule has 1 atom stereocenters. The van der Waals surface area contributed by atoms with Gasteiger partial charge in [-0.2, -0.15) is 4.99 Å². The lowest BCUT2D eigenvalue weighted by Gasteiger charge is -2.28. The molecule has 0 saturated carbocycles. The number of carboxylic acids is 1. The maximum absolute atomic E-state index is 12.3. The second kappa shape index (κ2) is 8.19. The second-order valence-electron chi connectivity index (χ2n) is 5.48. The third-order valence-electron chi connectivity index (χ3n) is 3.66. The standard InChI is InChI=1S/C16H19N3O5/c20-13(17-9-3-8-14(21)22)7-4-10-19-15(23)11-5-1-2-6-12(11)18-16(19)24/h1-2,5-6,11H,3-4,7-10H2,(H,17,20)(H,21,22). The second-order valence-corrected chi connectivity index (χ2v) is 5.48.